The number of benzene rings is 1. The van der Waals surface area contributed by atoms with Crippen molar-refractivity contribution >= 4 is 17.5 Å². The fourth-order valence-electron chi connectivity index (χ4n) is 1.67. The highest BCUT2D eigenvalue weighted by molar-refractivity contribution is 6.30. The van der Waals surface area contributed by atoms with E-state index >= 15 is 0 Å². The lowest BCUT2D eigenvalue weighted by molar-refractivity contribution is -0.120. The van der Waals surface area contributed by atoms with Gasteiger partial charge in [-0.25, -0.2) is 0 Å². The Morgan fingerprint density at radius 2 is 1.94 bits per heavy atom. The second kappa shape index (κ2) is 7.30. The van der Waals surface area contributed by atoms with Gasteiger partial charge in [0.15, 0.2) is 0 Å². The van der Waals surface area contributed by atoms with Crippen LogP contribution >= 0.6 is 11.6 Å². The van der Waals surface area contributed by atoms with Crippen LogP contribution < -0.4 is 10.6 Å². The van der Waals surface area contributed by atoms with Gasteiger partial charge in [-0.1, -0.05) is 30.7 Å². The molecule has 0 bridgehead atoms. The number of carbonyl (C=O) groups is 1. The van der Waals surface area contributed by atoms with Crippen LogP contribution in [0.5, 0.6) is 0 Å². The lowest BCUT2D eigenvalue weighted by Crippen LogP contribution is -2.35. The molecule has 0 fully saturated rings. The molecule has 0 saturated carbocycles. The lowest BCUT2D eigenvalue weighted by Gasteiger charge is -2.17. The summed E-state index contributed by atoms with van der Waals surface area (Å²) in [7, 11) is 0. The molecule has 94 valence electrons. The molecule has 0 radical (unpaired) electrons. The topological polar surface area (TPSA) is 41.1 Å². The third-order valence-electron chi connectivity index (χ3n) is 2.56. The molecule has 1 amide bonds. The number of carbonyl (C=O) groups excluding carboxylic acids is 1. The normalized spacial score (nSPS) is 12.2. The van der Waals surface area contributed by atoms with Gasteiger partial charge in [0.1, 0.15) is 0 Å². The lowest BCUT2D eigenvalue weighted by atomic mass is 10.0. The molecule has 1 atom stereocenters. The minimum absolute atomic E-state index is 0.0277. The Balaban J connectivity index is 2.54. The third kappa shape index (κ3) is 4.75. The molecule has 1 aromatic rings. The summed E-state index contributed by atoms with van der Waals surface area (Å²) < 4.78 is 0. The van der Waals surface area contributed by atoms with E-state index in [-0.39, 0.29) is 11.9 Å². The molecular formula is C13H19ClN2O. The van der Waals surface area contributed by atoms with Gasteiger partial charge in [0.05, 0.1) is 6.54 Å². The van der Waals surface area contributed by atoms with Crippen molar-refractivity contribution in [2.24, 2.45) is 0 Å². The van der Waals surface area contributed by atoms with Crippen molar-refractivity contribution in [3.8, 4) is 0 Å². The van der Waals surface area contributed by atoms with E-state index < -0.39 is 0 Å². The van der Waals surface area contributed by atoms with Gasteiger partial charge in [-0.3, -0.25) is 4.79 Å². The number of halogens is 1. The summed E-state index contributed by atoms with van der Waals surface area (Å²) in [5.41, 5.74) is 1.15. The summed E-state index contributed by atoms with van der Waals surface area (Å²) in [5.74, 6) is 0.0277. The van der Waals surface area contributed by atoms with Gasteiger partial charge in [0.25, 0.3) is 0 Å². The van der Waals surface area contributed by atoms with E-state index in [1.54, 1.807) is 0 Å². The minimum Gasteiger partial charge on any atom is -0.355 e. The van der Waals surface area contributed by atoms with Gasteiger partial charge in [-0.15, -0.1) is 0 Å². The molecule has 0 aliphatic heterocycles. The predicted octanol–water partition coefficient (Wildman–Crippen LogP) is 2.52. The van der Waals surface area contributed by atoms with Crippen LogP contribution in [0.4, 0.5) is 0 Å². The average molecular weight is 255 g/mol. The van der Waals surface area contributed by atoms with Crippen LogP contribution in [0.2, 0.25) is 5.02 Å². The predicted molar refractivity (Wildman–Crippen MR) is 71.2 cm³/mol. The first kappa shape index (κ1) is 14.0. The van der Waals surface area contributed by atoms with Crippen molar-refractivity contribution < 1.29 is 4.79 Å². The van der Waals surface area contributed by atoms with E-state index in [2.05, 4.69) is 17.6 Å². The first-order chi connectivity index (χ1) is 8.17. The molecule has 0 aliphatic carbocycles. The Labute approximate surface area is 108 Å². The van der Waals surface area contributed by atoms with Crippen molar-refractivity contribution in [3.63, 3.8) is 0 Å². The zero-order chi connectivity index (χ0) is 12.7. The zero-order valence-electron chi connectivity index (χ0n) is 10.3. The van der Waals surface area contributed by atoms with E-state index in [1.807, 2.05) is 31.2 Å². The highest BCUT2D eigenvalue weighted by Crippen LogP contribution is 2.18. The van der Waals surface area contributed by atoms with Crippen molar-refractivity contribution in [1.29, 1.82) is 0 Å². The molecule has 0 saturated heterocycles. The smallest absolute Gasteiger partial charge is 0.233 e. The Bertz CT molecular complexity index is 351. The van der Waals surface area contributed by atoms with Crippen LogP contribution in [-0.2, 0) is 4.79 Å². The van der Waals surface area contributed by atoms with Crippen molar-refractivity contribution in [3.05, 3.63) is 34.9 Å². The van der Waals surface area contributed by atoms with Crippen LogP contribution in [0.1, 0.15) is 31.9 Å². The molecule has 0 spiro atoms. The van der Waals surface area contributed by atoms with Crippen LogP contribution in [0.15, 0.2) is 24.3 Å². The summed E-state index contributed by atoms with van der Waals surface area (Å²) in [6, 6.07) is 7.90. The minimum atomic E-state index is 0.0277. The molecule has 0 aliphatic rings. The fraction of sp³-hybridized carbons (Fsp3) is 0.462. The highest BCUT2D eigenvalue weighted by atomic mass is 35.5. The standard InChI is InChI=1S/C13H19ClN2O/c1-3-12(16-9-13(17)15-4-2)10-5-7-11(14)8-6-10/h5-8,12,16H,3-4,9H2,1-2H3,(H,15,17). The Hall–Kier alpha value is -1.06. The summed E-state index contributed by atoms with van der Waals surface area (Å²) in [6.45, 7) is 5.01. The van der Waals surface area contributed by atoms with Gasteiger partial charge in [0.2, 0.25) is 5.91 Å². The number of rotatable bonds is 6. The summed E-state index contributed by atoms with van der Waals surface area (Å²) in [5, 5.41) is 6.73. The van der Waals surface area contributed by atoms with Gasteiger partial charge >= 0.3 is 0 Å². The van der Waals surface area contributed by atoms with E-state index in [0.717, 1.165) is 17.0 Å². The maximum absolute atomic E-state index is 11.4. The van der Waals surface area contributed by atoms with Crippen LogP contribution in [0, 0.1) is 0 Å². The Morgan fingerprint density at radius 1 is 1.29 bits per heavy atom. The quantitative estimate of drug-likeness (QED) is 0.819. The number of amides is 1. The molecule has 0 aromatic heterocycles. The van der Waals surface area contributed by atoms with Gasteiger partial charge in [-0.2, -0.15) is 0 Å². The summed E-state index contributed by atoms with van der Waals surface area (Å²) in [4.78, 5) is 11.4. The van der Waals surface area contributed by atoms with Crippen LogP contribution in [0.3, 0.4) is 0 Å². The van der Waals surface area contributed by atoms with E-state index in [9.17, 15) is 4.79 Å². The molecule has 4 heteroatoms. The number of likely N-dealkylation sites (N-methyl/N-ethyl adjacent to an activating group) is 1. The Kier molecular flexibility index (Phi) is 6.01. The van der Waals surface area contributed by atoms with Crippen molar-refractivity contribution in [2.45, 2.75) is 26.3 Å². The number of nitrogens with one attached hydrogen (secondary N) is 2. The fourth-order valence-corrected chi connectivity index (χ4v) is 1.79. The number of hydrogen-bond acceptors (Lipinski definition) is 2. The van der Waals surface area contributed by atoms with Crippen LogP contribution in [0.25, 0.3) is 0 Å². The summed E-state index contributed by atoms with van der Waals surface area (Å²) in [6.07, 6.45) is 0.932. The molecule has 0 heterocycles. The molecule has 1 aromatic carbocycles. The van der Waals surface area contributed by atoms with E-state index in [0.29, 0.717) is 13.1 Å². The first-order valence-corrected chi connectivity index (χ1v) is 6.30. The van der Waals surface area contributed by atoms with Crippen molar-refractivity contribution in [2.75, 3.05) is 13.1 Å². The molecule has 1 rings (SSSR count). The maximum Gasteiger partial charge on any atom is 0.233 e. The molecule has 2 N–H and O–H groups in total. The SMILES string of the molecule is CCNC(=O)CNC(CC)c1ccc(Cl)cc1. The van der Waals surface area contributed by atoms with Gasteiger partial charge < -0.3 is 10.6 Å². The first-order valence-electron chi connectivity index (χ1n) is 5.92. The maximum atomic E-state index is 11.4. The molecular weight excluding hydrogens is 236 g/mol. The number of hydrogen-bond donors (Lipinski definition) is 2. The van der Waals surface area contributed by atoms with Crippen molar-refractivity contribution in [1.82, 2.24) is 10.6 Å². The molecule has 1 unspecified atom stereocenters. The highest BCUT2D eigenvalue weighted by Gasteiger charge is 2.10. The third-order valence-corrected chi connectivity index (χ3v) is 2.82. The Morgan fingerprint density at radius 3 is 2.47 bits per heavy atom. The van der Waals surface area contributed by atoms with Gasteiger partial charge in [0, 0.05) is 17.6 Å². The second-order valence-corrected chi connectivity index (χ2v) is 4.28. The van der Waals surface area contributed by atoms with E-state index in [4.69, 9.17) is 11.6 Å². The second-order valence-electron chi connectivity index (χ2n) is 3.85. The summed E-state index contributed by atoms with van der Waals surface area (Å²) >= 11 is 5.84. The van der Waals surface area contributed by atoms with Crippen LogP contribution in [-0.4, -0.2) is 19.0 Å². The largest absolute Gasteiger partial charge is 0.355 e. The zero-order valence-corrected chi connectivity index (χ0v) is 11.1. The molecule has 3 nitrogen and oxygen atoms in total. The van der Waals surface area contributed by atoms with E-state index in [1.165, 1.54) is 0 Å². The average Bonchev–Trinajstić information content (AvgIpc) is 2.32. The molecule has 17 heavy (non-hydrogen) atoms. The monoisotopic (exact) mass is 254 g/mol. The van der Waals surface area contributed by atoms with Gasteiger partial charge in [-0.05, 0) is 31.0 Å².